The third-order valence-electron chi connectivity index (χ3n) is 6.73. The van der Waals surface area contributed by atoms with Crippen molar-refractivity contribution in [2.45, 2.75) is 12.8 Å². The smallest absolute Gasteiger partial charge is 0.151 e. The van der Waals surface area contributed by atoms with Gasteiger partial charge in [0.15, 0.2) is 11.5 Å². The van der Waals surface area contributed by atoms with Crippen LogP contribution in [0.15, 0.2) is 85.2 Å². The molecule has 0 saturated heterocycles. The van der Waals surface area contributed by atoms with Crippen molar-refractivity contribution in [3.8, 4) is 11.5 Å². The second kappa shape index (κ2) is 11.0. The maximum Gasteiger partial charge on any atom is 0.151 e. The second-order valence-electron chi connectivity index (χ2n) is 9.29. The predicted molar refractivity (Wildman–Crippen MR) is 168 cm³/mol. The standard InChI is InChI=1S/C31H18Cl6N2O/c1-16-10-18(32)28(19(33)11-16)31(30-22(36)14-38-15-23(30)37)29-20(34)12-17(13-21(29)35)39-24-6-2-4-8-26(24)40-27-9-5-3-7-25(27)39/h2-15,31H,1H3. The lowest BCUT2D eigenvalue weighted by atomic mass is 9.84. The number of para-hydroxylation sites is 4. The van der Waals surface area contributed by atoms with E-state index >= 15 is 0 Å². The molecular weight excluding hydrogens is 629 g/mol. The molecule has 4 aromatic carbocycles. The zero-order valence-electron chi connectivity index (χ0n) is 20.7. The van der Waals surface area contributed by atoms with E-state index in [-0.39, 0.29) is 0 Å². The van der Waals surface area contributed by atoms with Crippen LogP contribution < -0.4 is 9.64 Å². The third-order valence-corrected chi connectivity index (χ3v) is 8.59. The lowest BCUT2D eigenvalue weighted by molar-refractivity contribution is 0.477. The van der Waals surface area contributed by atoms with E-state index in [0.29, 0.717) is 58.3 Å². The van der Waals surface area contributed by atoms with E-state index in [9.17, 15) is 0 Å². The number of aromatic nitrogens is 1. The normalized spacial score (nSPS) is 12.9. The molecule has 5 aromatic rings. The van der Waals surface area contributed by atoms with Gasteiger partial charge in [0.25, 0.3) is 0 Å². The van der Waals surface area contributed by atoms with E-state index in [2.05, 4.69) is 9.88 Å². The number of fused-ring (bicyclic) bond motifs is 2. The highest BCUT2D eigenvalue weighted by Gasteiger charge is 2.32. The Balaban J connectivity index is 1.60. The summed E-state index contributed by atoms with van der Waals surface area (Å²) in [6, 6.07) is 22.9. The summed E-state index contributed by atoms with van der Waals surface area (Å²) in [4.78, 5) is 6.18. The average Bonchev–Trinajstić information content (AvgIpc) is 2.90. The van der Waals surface area contributed by atoms with Crippen LogP contribution in [0.2, 0.25) is 30.1 Å². The lowest BCUT2D eigenvalue weighted by Gasteiger charge is -2.33. The minimum Gasteiger partial charge on any atom is -0.453 e. The van der Waals surface area contributed by atoms with Gasteiger partial charge in [0.2, 0.25) is 0 Å². The van der Waals surface area contributed by atoms with Gasteiger partial charge in [-0.15, -0.1) is 0 Å². The van der Waals surface area contributed by atoms with Gasteiger partial charge in [0.05, 0.1) is 21.4 Å². The first kappa shape index (κ1) is 27.5. The highest BCUT2D eigenvalue weighted by atomic mass is 35.5. The molecule has 0 amide bonds. The van der Waals surface area contributed by atoms with E-state index in [1.54, 1.807) is 0 Å². The maximum absolute atomic E-state index is 7.11. The summed E-state index contributed by atoms with van der Waals surface area (Å²) in [5.74, 6) is 0.745. The van der Waals surface area contributed by atoms with Gasteiger partial charge in [-0.1, -0.05) is 93.9 Å². The minimum absolute atomic E-state index is 0.331. The largest absolute Gasteiger partial charge is 0.453 e. The highest BCUT2D eigenvalue weighted by Crippen LogP contribution is 2.53. The van der Waals surface area contributed by atoms with Gasteiger partial charge in [0.1, 0.15) is 0 Å². The van der Waals surface area contributed by atoms with Gasteiger partial charge in [-0.3, -0.25) is 4.98 Å². The molecule has 1 aromatic heterocycles. The molecular formula is C31H18Cl6N2O. The maximum atomic E-state index is 7.11. The molecule has 0 bridgehead atoms. The second-order valence-corrected chi connectivity index (χ2v) is 11.7. The van der Waals surface area contributed by atoms with Crippen LogP contribution in [-0.4, -0.2) is 4.98 Å². The fourth-order valence-corrected chi connectivity index (χ4v) is 7.17. The number of anilines is 3. The van der Waals surface area contributed by atoms with Crippen molar-refractivity contribution < 1.29 is 4.74 Å². The summed E-state index contributed by atoms with van der Waals surface area (Å²) in [6.07, 6.45) is 3.03. The first-order valence-corrected chi connectivity index (χ1v) is 14.4. The molecule has 3 nitrogen and oxygen atoms in total. The van der Waals surface area contributed by atoms with E-state index in [4.69, 9.17) is 74.3 Å². The van der Waals surface area contributed by atoms with Crippen LogP contribution in [0.4, 0.5) is 17.1 Å². The van der Waals surface area contributed by atoms with Crippen molar-refractivity contribution in [1.29, 1.82) is 0 Å². The molecule has 0 aliphatic carbocycles. The average molecular weight is 647 g/mol. The SMILES string of the molecule is Cc1cc(Cl)c(C(c2c(Cl)cncc2Cl)c2c(Cl)cc(N3c4ccccc4Oc4ccccc43)cc2Cl)c(Cl)c1. The number of pyridine rings is 1. The third kappa shape index (κ3) is 4.79. The van der Waals surface area contributed by atoms with Crippen LogP contribution in [0.5, 0.6) is 11.5 Å². The number of aryl methyl sites for hydroxylation is 1. The summed E-state index contributed by atoms with van der Waals surface area (Å²) in [7, 11) is 0. The molecule has 0 radical (unpaired) electrons. The van der Waals surface area contributed by atoms with Crippen LogP contribution in [0.3, 0.4) is 0 Å². The molecule has 9 heteroatoms. The van der Waals surface area contributed by atoms with E-state index < -0.39 is 5.92 Å². The Hall–Kier alpha value is -2.63. The summed E-state index contributed by atoms with van der Waals surface area (Å²) in [6.45, 7) is 1.91. The Kier molecular flexibility index (Phi) is 7.56. The van der Waals surface area contributed by atoms with Crippen LogP contribution in [0.1, 0.15) is 28.2 Å². The van der Waals surface area contributed by atoms with Gasteiger partial charge in [0, 0.05) is 60.8 Å². The van der Waals surface area contributed by atoms with Gasteiger partial charge < -0.3 is 9.64 Å². The number of nitrogens with zero attached hydrogens (tertiary/aromatic N) is 2. The van der Waals surface area contributed by atoms with Gasteiger partial charge in [-0.25, -0.2) is 0 Å². The molecule has 2 heterocycles. The quantitative estimate of drug-likeness (QED) is 0.190. The number of benzene rings is 4. The van der Waals surface area contributed by atoms with E-state index in [0.717, 1.165) is 22.6 Å². The Bertz CT molecular complexity index is 1680. The van der Waals surface area contributed by atoms with Crippen molar-refractivity contribution in [2.24, 2.45) is 0 Å². The molecule has 0 N–H and O–H groups in total. The molecule has 0 fully saturated rings. The Morgan fingerprint density at radius 2 is 1.02 bits per heavy atom. The monoisotopic (exact) mass is 644 g/mol. The molecule has 1 aliphatic heterocycles. The molecule has 0 spiro atoms. The number of rotatable bonds is 4. The summed E-state index contributed by atoms with van der Waals surface area (Å²) in [5.41, 5.74) is 5.04. The van der Waals surface area contributed by atoms with Crippen LogP contribution in [0, 0.1) is 6.92 Å². The van der Waals surface area contributed by atoms with Crippen molar-refractivity contribution in [1.82, 2.24) is 4.98 Å². The van der Waals surface area contributed by atoms with Gasteiger partial charge >= 0.3 is 0 Å². The van der Waals surface area contributed by atoms with Crippen LogP contribution >= 0.6 is 69.6 Å². The van der Waals surface area contributed by atoms with Crippen molar-refractivity contribution in [3.05, 3.63) is 138 Å². The Labute approximate surface area is 261 Å². The topological polar surface area (TPSA) is 25.4 Å². The number of hydrogen-bond acceptors (Lipinski definition) is 3. The van der Waals surface area contributed by atoms with E-state index in [1.807, 2.05) is 79.7 Å². The van der Waals surface area contributed by atoms with Crippen molar-refractivity contribution in [2.75, 3.05) is 4.90 Å². The molecule has 6 rings (SSSR count). The summed E-state index contributed by atoms with van der Waals surface area (Å²) < 4.78 is 6.16. The van der Waals surface area contributed by atoms with Crippen molar-refractivity contribution >= 4 is 86.7 Å². The fraction of sp³-hybridized carbons (Fsp3) is 0.0645. The zero-order valence-corrected chi connectivity index (χ0v) is 25.3. The molecule has 1 aliphatic rings. The number of ether oxygens (including phenoxy) is 1. The molecule has 0 saturated carbocycles. The van der Waals surface area contributed by atoms with Crippen LogP contribution in [-0.2, 0) is 0 Å². The highest BCUT2D eigenvalue weighted by molar-refractivity contribution is 6.39. The molecule has 1 atom stereocenters. The fourth-order valence-electron chi connectivity index (χ4n) is 5.08. The Morgan fingerprint density at radius 3 is 1.52 bits per heavy atom. The van der Waals surface area contributed by atoms with Crippen LogP contribution in [0.25, 0.3) is 0 Å². The first-order valence-electron chi connectivity index (χ1n) is 12.1. The van der Waals surface area contributed by atoms with Gasteiger partial charge in [-0.05, 0) is 61.0 Å². The lowest BCUT2D eigenvalue weighted by Crippen LogP contribution is -2.16. The molecule has 40 heavy (non-hydrogen) atoms. The van der Waals surface area contributed by atoms with Gasteiger partial charge in [-0.2, -0.15) is 0 Å². The predicted octanol–water partition coefficient (Wildman–Crippen LogP) is 12.1. The van der Waals surface area contributed by atoms with E-state index in [1.165, 1.54) is 12.4 Å². The minimum atomic E-state index is -0.679. The first-order chi connectivity index (χ1) is 19.2. The summed E-state index contributed by atoms with van der Waals surface area (Å²) in [5, 5.41) is 2.29. The number of halogens is 6. The number of hydrogen-bond donors (Lipinski definition) is 0. The summed E-state index contributed by atoms with van der Waals surface area (Å²) >= 11 is 41.2. The van der Waals surface area contributed by atoms with Crippen molar-refractivity contribution in [3.63, 3.8) is 0 Å². The molecule has 1 unspecified atom stereocenters. The molecule has 200 valence electrons. The zero-order chi connectivity index (χ0) is 28.1. The Morgan fingerprint density at radius 1 is 0.600 bits per heavy atom.